The van der Waals surface area contributed by atoms with Crippen molar-refractivity contribution >= 4 is 13.8 Å². The number of pyridine rings is 1. The van der Waals surface area contributed by atoms with Gasteiger partial charge in [-0.25, -0.2) is 4.79 Å². The van der Waals surface area contributed by atoms with E-state index in [9.17, 15) is 34.7 Å². The van der Waals surface area contributed by atoms with Gasteiger partial charge in [0.1, 0.15) is 42.2 Å². The third-order valence-electron chi connectivity index (χ3n) is 5.62. The van der Waals surface area contributed by atoms with E-state index in [0.717, 1.165) is 0 Å². The first-order valence-corrected chi connectivity index (χ1v) is 11.2. The van der Waals surface area contributed by atoms with Gasteiger partial charge in [-0.15, -0.1) is 0 Å². The first kappa shape index (κ1) is 25.1. The molecule has 3 heterocycles. The summed E-state index contributed by atoms with van der Waals surface area (Å²) in [4.78, 5) is 31.9. The van der Waals surface area contributed by atoms with Gasteiger partial charge in [0.05, 0.1) is 12.7 Å². The van der Waals surface area contributed by atoms with Crippen LogP contribution in [0.3, 0.4) is 0 Å². The van der Waals surface area contributed by atoms with Crippen molar-refractivity contribution in [3.05, 3.63) is 30.1 Å². The molecule has 1 aromatic rings. The number of phosphoric ester groups is 1. The van der Waals surface area contributed by atoms with Crippen LogP contribution in [0, 0.1) is 0 Å². The predicted octanol–water partition coefficient (Wildman–Crippen LogP) is -2.87. The number of phosphoric acid groups is 1. The fourth-order valence-electron chi connectivity index (χ4n) is 3.52. The second-order valence-electron chi connectivity index (χ2n) is 7.94. The molecule has 180 valence electrons. The van der Waals surface area contributed by atoms with Gasteiger partial charge in [-0.1, -0.05) is 0 Å². The largest absolute Gasteiger partial charge is 0.756 e. The topological polar surface area (TPSA) is 199 Å². The quantitative estimate of drug-likeness (QED) is 0.152. The number of esters is 1. The molecule has 2 saturated heterocycles. The number of rotatable bonds is 7. The maximum atomic E-state index is 12.4. The van der Waals surface area contributed by atoms with Gasteiger partial charge < -0.3 is 48.9 Å². The van der Waals surface area contributed by atoms with Gasteiger partial charge in [-0.2, -0.15) is 4.57 Å². The summed E-state index contributed by atoms with van der Waals surface area (Å²) in [6, 6.07) is 2.87. The smallest absolute Gasteiger partial charge is 0.344 e. The van der Waals surface area contributed by atoms with Crippen molar-refractivity contribution in [3.8, 4) is 0 Å². The van der Waals surface area contributed by atoms with Crippen molar-refractivity contribution in [2.45, 2.75) is 62.3 Å². The number of hydrogen-bond acceptors (Lipinski definition) is 11. The van der Waals surface area contributed by atoms with Crippen molar-refractivity contribution in [2.24, 2.45) is 0 Å². The van der Waals surface area contributed by atoms with E-state index >= 15 is 0 Å². The Kier molecular flexibility index (Phi) is 7.37. The minimum Gasteiger partial charge on any atom is -0.756 e. The molecule has 0 aromatic carbocycles. The Morgan fingerprint density at radius 1 is 1.25 bits per heavy atom. The highest BCUT2D eigenvalue weighted by Gasteiger charge is 2.50. The van der Waals surface area contributed by atoms with Crippen molar-refractivity contribution in [3.63, 3.8) is 0 Å². The second kappa shape index (κ2) is 9.39. The molecule has 1 unspecified atom stereocenters. The van der Waals surface area contributed by atoms with Crippen LogP contribution in [0.2, 0.25) is 0 Å². The van der Waals surface area contributed by atoms with Gasteiger partial charge in [-0.05, 0) is 19.9 Å². The molecule has 0 saturated carbocycles. The van der Waals surface area contributed by atoms with Gasteiger partial charge in [0.2, 0.25) is 0 Å². The Morgan fingerprint density at radius 3 is 2.53 bits per heavy atom. The number of ether oxygens (including phenoxy) is 3. The van der Waals surface area contributed by atoms with Crippen LogP contribution < -0.4 is 9.46 Å². The molecule has 0 aliphatic carbocycles. The number of hydrogen-bond donors (Lipinski definition) is 5. The zero-order valence-corrected chi connectivity index (χ0v) is 18.1. The highest BCUT2D eigenvalue weighted by atomic mass is 31.2. The molecule has 2 fully saturated rings. The molecule has 5 N–H and O–H groups in total. The van der Waals surface area contributed by atoms with Gasteiger partial charge in [-0.3, -0.25) is 4.57 Å². The van der Waals surface area contributed by atoms with Gasteiger partial charge in [0, 0.05) is 6.07 Å². The molecule has 0 bridgehead atoms. The molecule has 32 heavy (non-hydrogen) atoms. The van der Waals surface area contributed by atoms with E-state index in [-0.39, 0.29) is 12.2 Å². The average Bonchev–Trinajstić information content (AvgIpc) is 3.12. The number of nitrogens with zero attached hydrogens (tertiary/aromatic N) is 1. The first-order valence-electron chi connectivity index (χ1n) is 9.75. The van der Waals surface area contributed by atoms with Gasteiger partial charge >= 0.3 is 5.97 Å². The second-order valence-corrected chi connectivity index (χ2v) is 9.13. The zero-order chi connectivity index (χ0) is 23.8. The molecule has 14 heteroatoms. The Balaban J connectivity index is 1.64. The molecule has 13 nitrogen and oxygen atoms in total. The Bertz CT molecular complexity index is 875. The Labute approximate surface area is 183 Å². The van der Waals surface area contributed by atoms with Crippen LogP contribution in [0.1, 0.15) is 30.4 Å². The molecule has 1 aromatic heterocycles. The van der Waals surface area contributed by atoms with Gasteiger partial charge in [0.15, 0.2) is 18.5 Å². The first-order chi connectivity index (χ1) is 14.8. The lowest BCUT2D eigenvalue weighted by molar-refractivity contribution is -0.765. The fourth-order valence-corrected chi connectivity index (χ4v) is 3.85. The summed E-state index contributed by atoms with van der Waals surface area (Å²) in [6.07, 6.45) is -5.58. The number of aromatic nitrogens is 1. The standard InChI is InChI=1S/C18H26NO12P/c1-9-18(2,24)15(22)12(30-9)7-28-17(23)10-4-3-5-19(6-10)16-14(21)13(20)11(31-16)8-29-32(25,26)27/h3-6,9,11-16,20-22,24H,7-8H2,1-2H3,(H-,25,26,27)/t9-,11+,12+,13+,14+,15+,16+,18-/m0/s1. The lowest BCUT2D eigenvalue weighted by atomic mass is 9.94. The monoisotopic (exact) mass is 479 g/mol. The summed E-state index contributed by atoms with van der Waals surface area (Å²) in [7, 11) is -5.05. The summed E-state index contributed by atoms with van der Waals surface area (Å²) < 4.78 is 32.3. The molecule has 2 aliphatic heterocycles. The maximum Gasteiger partial charge on any atom is 0.344 e. The molecule has 3 rings (SSSR count). The van der Waals surface area contributed by atoms with E-state index in [2.05, 4.69) is 4.52 Å². The minimum atomic E-state index is -5.05. The van der Waals surface area contributed by atoms with Gasteiger partial charge in [0.25, 0.3) is 14.1 Å². The number of carbonyl (C=O) groups is 1. The summed E-state index contributed by atoms with van der Waals surface area (Å²) in [6.45, 7) is 1.97. The summed E-state index contributed by atoms with van der Waals surface area (Å²) >= 11 is 0. The van der Waals surface area contributed by atoms with E-state index in [0.29, 0.717) is 0 Å². The Morgan fingerprint density at radius 2 is 1.94 bits per heavy atom. The molecular formula is C18H26NO12P. The zero-order valence-electron chi connectivity index (χ0n) is 17.3. The van der Waals surface area contributed by atoms with Crippen LogP contribution in [0.4, 0.5) is 0 Å². The highest BCUT2D eigenvalue weighted by molar-refractivity contribution is 7.44. The average molecular weight is 479 g/mol. The van der Waals surface area contributed by atoms with Crippen molar-refractivity contribution in [1.82, 2.24) is 0 Å². The number of carbonyl (C=O) groups excluding carboxylic acids is 1. The van der Waals surface area contributed by atoms with Crippen LogP contribution in [-0.2, 0) is 23.3 Å². The summed E-state index contributed by atoms with van der Waals surface area (Å²) in [5.74, 6) is -0.783. The van der Waals surface area contributed by atoms with Crippen LogP contribution in [-0.4, -0.2) is 86.7 Å². The van der Waals surface area contributed by atoms with Crippen LogP contribution in [0.25, 0.3) is 0 Å². The Hall–Kier alpha value is -1.51. The van der Waals surface area contributed by atoms with Crippen molar-refractivity contribution in [1.29, 1.82) is 0 Å². The maximum absolute atomic E-state index is 12.4. The molecular weight excluding hydrogens is 453 g/mol. The SMILES string of the molecule is C[C@@H]1O[C@H](COC(=O)c2ccc[n+]([C@@H]3O[C@H](COP(=O)([O-])O)[C@@H](O)[C@H]3O)c2)[C@@H](O)[C@@]1(C)O. The van der Waals surface area contributed by atoms with Crippen molar-refractivity contribution in [2.75, 3.05) is 13.2 Å². The highest BCUT2D eigenvalue weighted by Crippen LogP contribution is 2.34. The molecule has 0 amide bonds. The van der Waals surface area contributed by atoms with Crippen LogP contribution in [0.15, 0.2) is 24.5 Å². The summed E-state index contributed by atoms with van der Waals surface area (Å²) in [5.41, 5.74) is -1.44. The lowest BCUT2D eigenvalue weighted by Gasteiger charge is -2.24. The van der Waals surface area contributed by atoms with E-state index in [1.807, 2.05) is 0 Å². The molecule has 0 radical (unpaired) electrons. The van der Waals surface area contributed by atoms with E-state index < -0.39 is 68.9 Å². The normalized spacial score (nSPS) is 39.1. The molecule has 9 atom stereocenters. The van der Waals surface area contributed by atoms with E-state index in [1.54, 1.807) is 6.92 Å². The number of aliphatic hydroxyl groups excluding tert-OH is 3. The summed E-state index contributed by atoms with van der Waals surface area (Å²) in [5, 5.41) is 40.6. The third kappa shape index (κ3) is 5.34. The van der Waals surface area contributed by atoms with Crippen LogP contribution >= 0.6 is 7.82 Å². The fraction of sp³-hybridized carbons (Fsp3) is 0.667. The molecule has 2 aliphatic rings. The van der Waals surface area contributed by atoms with E-state index in [1.165, 1.54) is 36.0 Å². The third-order valence-corrected chi connectivity index (χ3v) is 6.10. The molecule has 0 spiro atoms. The number of aliphatic hydroxyl groups is 4. The van der Waals surface area contributed by atoms with E-state index in [4.69, 9.17) is 19.1 Å². The lowest BCUT2D eigenvalue weighted by Crippen LogP contribution is -2.46. The predicted molar refractivity (Wildman–Crippen MR) is 99.6 cm³/mol. The van der Waals surface area contributed by atoms with Crippen LogP contribution in [0.5, 0.6) is 0 Å². The van der Waals surface area contributed by atoms with Crippen molar-refractivity contribution < 1.29 is 62.9 Å². The minimum absolute atomic E-state index is 0.0456.